The lowest BCUT2D eigenvalue weighted by molar-refractivity contribution is -0.141. The Balaban J connectivity index is 1.54. The summed E-state index contributed by atoms with van der Waals surface area (Å²) in [6.07, 6.45) is 3.17. The Bertz CT molecular complexity index is 1010. The first kappa shape index (κ1) is 23.5. The molecule has 0 bridgehead atoms. The van der Waals surface area contributed by atoms with Crippen molar-refractivity contribution in [2.45, 2.75) is 63.6 Å². The Morgan fingerprint density at radius 1 is 1.38 bits per heavy atom. The van der Waals surface area contributed by atoms with Crippen molar-refractivity contribution in [2.24, 2.45) is 5.92 Å². The normalized spacial score (nSPS) is 23.0. The minimum atomic E-state index is -1.25. The fourth-order valence-electron chi connectivity index (χ4n) is 3.66. The smallest absolute Gasteiger partial charge is 0.228 e. The van der Waals surface area contributed by atoms with Gasteiger partial charge in [-0.15, -0.1) is 4.72 Å². The maximum absolute atomic E-state index is 13.1. The van der Waals surface area contributed by atoms with Gasteiger partial charge in [0, 0.05) is 29.3 Å². The second kappa shape index (κ2) is 8.93. The van der Waals surface area contributed by atoms with Crippen LogP contribution in [-0.2, 0) is 16.2 Å². The summed E-state index contributed by atoms with van der Waals surface area (Å²) in [7, 11) is 0. The first-order valence-electron chi connectivity index (χ1n) is 10.8. The van der Waals surface area contributed by atoms with Crippen molar-refractivity contribution in [3.63, 3.8) is 0 Å². The summed E-state index contributed by atoms with van der Waals surface area (Å²) in [5, 5.41) is 1.86. The number of carbonyl (C=O) groups is 1. The van der Waals surface area contributed by atoms with Crippen LogP contribution in [0.1, 0.15) is 52.1 Å². The van der Waals surface area contributed by atoms with Crippen LogP contribution < -0.4 is 9.46 Å². The second-order valence-corrected chi connectivity index (χ2v) is 11.8. The lowest BCUT2D eigenvalue weighted by Gasteiger charge is -2.39. The average molecular weight is 483 g/mol. The van der Waals surface area contributed by atoms with Crippen LogP contribution in [0.5, 0.6) is 5.88 Å². The third-order valence-corrected chi connectivity index (χ3v) is 7.61. The molecule has 1 aliphatic heterocycles. The van der Waals surface area contributed by atoms with E-state index in [2.05, 4.69) is 14.7 Å². The monoisotopic (exact) mass is 482 g/mol. The highest BCUT2D eigenvalue weighted by molar-refractivity contribution is 7.90. The first-order valence-corrected chi connectivity index (χ1v) is 12.3. The maximum atomic E-state index is 13.1. The minimum Gasteiger partial charge on any atom is -0.598 e. The van der Waals surface area contributed by atoms with Gasteiger partial charge in [0.2, 0.25) is 11.8 Å². The number of carbonyl (C=O) groups excluding carboxylic acids is 1. The molecular weight excluding hydrogens is 455 g/mol. The van der Waals surface area contributed by atoms with Crippen LogP contribution >= 0.6 is 11.6 Å². The molecule has 2 aromatic rings. The van der Waals surface area contributed by atoms with E-state index >= 15 is 0 Å². The van der Waals surface area contributed by atoms with Gasteiger partial charge in [-0.2, -0.15) is 0 Å². The molecule has 0 radical (unpaired) electrons. The van der Waals surface area contributed by atoms with Crippen LogP contribution in [0.4, 0.5) is 4.39 Å². The number of nitrogens with one attached hydrogen (secondary N) is 1. The van der Waals surface area contributed by atoms with E-state index in [1.807, 2.05) is 27.7 Å². The van der Waals surface area contributed by atoms with E-state index in [1.54, 1.807) is 23.4 Å². The fourth-order valence-corrected chi connectivity index (χ4v) is 4.72. The molecular formula is C22H28ClFN4O3S. The van der Waals surface area contributed by atoms with Gasteiger partial charge in [-0.3, -0.25) is 4.79 Å². The molecule has 2 aliphatic rings. The van der Waals surface area contributed by atoms with E-state index in [4.69, 9.17) is 16.3 Å². The van der Waals surface area contributed by atoms with Crippen molar-refractivity contribution in [1.82, 2.24) is 19.6 Å². The van der Waals surface area contributed by atoms with Crippen LogP contribution in [-0.4, -0.2) is 55.4 Å². The van der Waals surface area contributed by atoms with E-state index < -0.39 is 28.2 Å². The largest absolute Gasteiger partial charge is 0.598 e. The predicted octanol–water partition coefficient (Wildman–Crippen LogP) is 3.73. The molecule has 0 spiro atoms. The number of hydrogen-bond donors (Lipinski definition) is 1. The van der Waals surface area contributed by atoms with Crippen molar-refractivity contribution >= 4 is 39.6 Å². The van der Waals surface area contributed by atoms with Crippen LogP contribution in [0.3, 0.4) is 0 Å². The molecule has 2 aromatic heterocycles. The fraction of sp³-hybridized carbons (Fsp3) is 0.591. The number of likely N-dealkylation sites (tertiary alicyclic amines) is 1. The molecule has 1 aliphatic carbocycles. The summed E-state index contributed by atoms with van der Waals surface area (Å²) >= 11 is 4.93. The van der Waals surface area contributed by atoms with Crippen LogP contribution in [0.25, 0.3) is 10.8 Å². The SMILES string of the molecule is CC[C@H](N[S+]([O-])C(C)(C)C)c1cnc(OC2CN(C(=O)[C@@H]3C[C@@H]3F)C2)c2cnc(Cl)cc12. The van der Waals surface area contributed by atoms with Gasteiger partial charge in [-0.25, -0.2) is 14.4 Å². The Labute approximate surface area is 195 Å². The number of alkyl halides is 1. The molecule has 7 nitrogen and oxygen atoms in total. The van der Waals surface area contributed by atoms with Gasteiger partial charge in [-0.1, -0.05) is 18.5 Å². The summed E-state index contributed by atoms with van der Waals surface area (Å²) in [5.74, 6) is -0.202. The molecule has 4 atom stereocenters. The summed E-state index contributed by atoms with van der Waals surface area (Å²) in [6, 6.07) is 1.57. The molecule has 0 aromatic carbocycles. The number of pyridine rings is 2. The summed E-state index contributed by atoms with van der Waals surface area (Å²) < 4.78 is 34.7. The molecule has 2 fully saturated rings. The average Bonchev–Trinajstić information content (AvgIpc) is 3.43. The Morgan fingerprint density at radius 2 is 2.06 bits per heavy atom. The quantitative estimate of drug-likeness (QED) is 0.477. The highest BCUT2D eigenvalue weighted by Gasteiger charge is 2.48. The van der Waals surface area contributed by atoms with Gasteiger partial charge in [0.25, 0.3) is 0 Å². The molecule has 10 heteroatoms. The lowest BCUT2D eigenvalue weighted by atomic mass is 10.0. The minimum absolute atomic E-state index is 0.136. The zero-order valence-corrected chi connectivity index (χ0v) is 20.2. The Morgan fingerprint density at radius 3 is 2.66 bits per heavy atom. The van der Waals surface area contributed by atoms with Crippen LogP contribution in [0, 0.1) is 5.92 Å². The third-order valence-electron chi connectivity index (χ3n) is 5.79. The van der Waals surface area contributed by atoms with Gasteiger partial charge < -0.3 is 14.2 Å². The number of ether oxygens (including phenoxy) is 1. The molecule has 4 rings (SSSR count). The number of amides is 1. The second-order valence-electron chi connectivity index (χ2n) is 9.37. The zero-order valence-electron chi connectivity index (χ0n) is 18.6. The first-order chi connectivity index (χ1) is 15.1. The topological polar surface area (TPSA) is 90.4 Å². The van der Waals surface area contributed by atoms with Crippen molar-refractivity contribution in [3.8, 4) is 5.88 Å². The van der Waals surface area contributed by atoms with E-state index in [0.29, 0.717) is 42.4 Å². The summed E-state index contributed by atoms with van der Waals surface area (Å²) in [5.41, 5.74) is 0.866. The Hall–Kier alpha value is -1.68. The maximum Gasteiger partial charge on any atom is 0.228 e. The molecule has 1 saturated heterocycles. The van der Waals surface area contributed by atoms with E-state index in [-0.39, 0.29) is 18.1 Å². The number of halogens is 2. The zero-order chi connectivity index (χ0) is 23.2. The van der Waals surface area contributed by atoms with Crippen molar-refractivity contribution < 1.29 is 18.5 Å². The number of nitrogens with zero attached hydrogens (tertiary/aromatic N) is 3. The molecule has 174 valence electrons. The molecule has 1 unspecified atom stereocenters. The third kappa shape index (κ3) is 4.81. The lowest BCUT2D eigenvalue weighted by Crippen LogP contribution is -2.56. The van der Waals surface area contributed by atoms with E-state index in [9.17, 15) is 13.7 Å². The van der Waals surface area contributed by atoms with Gasteiger partial charge in [0.1, 0.15) is 22.2 Å². The van der Waals surface area contributed by atoms with Gasteiger partial charge in [-0.05, 0) is 45.1 Å². The van der Waals surface area contributed by atoms with Crippen molar-refractivity contribution in [1.29, 1.82) is 0 Å². The number of hydrogen-bond acceptors (Lipinski definition) is 6. The predicted molar refractivity (Wildman–Crippen MR) is 123 cm³/mol. The van der Waals surface area contributed by atoms with Crippen molar-refractivity contribution in [2.75, 3.05) is 13.1 Å². The molecule has 1 N–H and O–H groups in total. The van der Waals surface area contributed by atoms with Crippen LogP contribution in [0.2, 0.25) is 5.15 Å². The molecule has 1 saturated carbocycles. The van der Waals surface area contributed by atoms with Crippen molar-refractivity contribution in [3.05, 3.63) is 29.2 Å². The van der Waals surface area contributed by atoms with Gasteiger partial charge in [0.05, 0.1) is 30.4 Å². The number of fused-ring (bicyclic) bond motifs is 1. The highest BCUT2D eigenvalue weighted by Crippen LogP contribution is 2.37. The summed E-state index contributed by atoms with van der Waals surface area (Å²) in [6.45, 7) is 8.59. The standard InChI is InChI=1S/C22H28ClFN4O3S/c1-5-18(27-32(30)22(2,3)4)15-8-26-20(16-9-25-19(23)7-13(15)16)31-12-10-28(11-12)21(29)14-6-17(14)24/h7-9,12,14,17-18,27H,5-6,10-11H2,1-4H3/t14-,17+,18+,32?/m1/s1. The van der Waals surface area contributed by atoms with Gasteiger partial charge >= 0.3 is 0 Å². The van der Waals surface area contributed by atoms with E-state index in [0.717, 1.165) is 10.9 Å². The summed E-state index contributed by atoms with van der Waals surface area (Å²) in [4.78, 5) is 22.4. The Kier molecular flexibility index (Phi) is 6.55. The number of rotatable bonds is 7. The highest BCUT2D eigenvalue weighted by atomic mass is 35.5. The van der Waals surface area contributed by atoms with Gasteiger partial charge in [0.15, 0.2) is 0 Å². The molecule has 1 amide bonds. The number of aromatic nitrogens is 2. The molecule has 32 heavy (non-hydrogen) atoms. The molecule has 3 heterocycles. The van der Waals surface area contributed by atoms with Crippen LogP contribution in [0.15, 0.2) is 18.5 Å². The van der Waals surface area contributed by atoms with E-state index in [1.165, 1.54) is 0 Å².